The van der Waals surface area contributed by atoms with E-state index in [0.29, 0.717) is 13.0 Å². The minimum Gasteiger partial charge on any atom is -0.315 e. The fourth-order valence-corrected chi connectivity index (χ4v) is 1.10. The Morgan fingerprint density at radius 2 is 2.15 bits per heavy atom. The largest absolute Gasteiger partial charge is 0.315 e. The molecular weight excluding hydrogens is 166 g/mol. The van der Waals surface area contributed by atoms with Crippen LogP contribution in [0.4, 0.5) is 0 Å². The number of rotatable bonds is 3. The summed E-state index contributed by atoms with van der Waals surface area (Å²) in [6, 6.07) is 3.29. The summed E-state index contributed by atoms with van der Waals surface area (Å²) in [6.45, 7) is 3.93. The van der Waals surface area contributed by atoms with Gasteiger partial charge in [0, 0.05) is 25.2 Å². The maximum Gasteiger partial charge on any atom is 0.250 e. The standard InChI is InChI=1S/C10H13NO2/c1-8-3-4-10(13)11(7-8)6-5-9(2)12/h3-4,7H,5-6H2,1-2H3. The molecule has 0 fully saturated rings. The van der Waals surface area contributed by atoms with Gasteiger partial charge in [0.15, 0.2) is 0 Å². The molecule has 0 N–H and O–H groups in total. The molecule has 0 unspecified atom stereocenters. The quantitative estimate of drug-likeness (QED) is 0.697. The molecule has 0 saturated carbocycles. The van der Waals surface area contributed by atoms with E-state index in [1.165, 1.54) is 13.0 Å². The third-order valence-electron chi connectivity index (χ3n) is 1.84. The van der Waals surface area contributed by atoms with Crippen molar-refractivity contribution in [2.24, 2.45) is 0 Å². The monoisotopic (exact) mass is 179 g/mol. The molecule has 13 heavy (non-hydrogen) atoms. The Bertz CT molecular complexity index is 365. The Kier molecular flexibility index (Phi) is 3.01. The van der Waals surface area contributed by atoms with E-state index in [9.17, 15) is 9.59 Å². The summed E-state index contributed by atoms with van der Waals surface area (Å²) < 4.78 is 1.57. The second kappa shape index (κ2) is 4.03. The molecule has 0 bridgehead atoms. The lowest BCUT2D eigenvalue weighted by molar-refractivity contribution is -0.117. The van der Waals surface area contributed by atoms with Crippen molar-refractivity contribution >= 4 is 5.78 Å². The number of hydrogen-bond acceptors (Lipinski definition) is 2. The van der Waals surface area contributed by atoms with Crippen LogP contribution in [-0.4, -0.2) is 10.4 Å². The van der Waals surface area contributed by atoms with Crippen molar-refractivity contribution in [3.05, 3.63) is 34.2 Å². The molecule has 70 valence electrons. The fourth-order valence-electron chi connectivity index (χ4n) is 1.10. The van der Waals surface area contributed by atoms with Crippen LogP contribution in [0.15, 0.2) is 23.1 Å². The smallest absolute Gasteiger partial charge is 0.250 e. The van der Waals surface area contributed by atoms with Crippen molar-refractivity contribution < 1.29 is 4.79 Å². The highest BCUT2D eigenvalue weighted by Crippen LogP contribution is 1.94. The first-order valence-corrected chi connectivity index (χ1v) is 4.26. The van der Waals surface area contributed by atoms with Gasteiger partial charge >= 0.3 is 0 Å². The van der Waals surface area contributed by atoms with E-state index >= 15 is 0 Å². The molecule has 0 aliphatic heterocycles. The van der Waals surface area contributed by atoms with Gasteiger partial charge in [-0.15, -0.1) is 0 Å². The van der Waals surface area contributed by atoms with Crippen LogP contribution in [0.25, 0.3) is 0 Å². The molecule has 1 aromatic heterocycles. The van der Waals surface area contributed by atoms with Gasteiger partial charge in [-0.05, 0) is 19.4 Å². The van der Waals surface area contributed by atoms with Crippen molar-refractivity contribution in [2.45, 2.75) is 26.8 Å². The van der Waals surface area contributed by atoms with Crippen LogP contribution in [0.5, 0.6) is 0 Å². The highest BCUT2D eigenvalue weighted by molar-refractivity contribution is 5.75. The Morgan fingerprint density at radius 3 is 2.77 bits per heavy atom. The number of pyridine rings is 1. The summed E-state index contributed by atoms with van der Waals surface area (Å²) in [7, 11) is 0. The lowest BCUT2D eigenvalue weighted by Gasteiger charge is -2.03. The summed E-state index contributed by atoms with van der Waals surface area (Å²) in [5.74, 6) is 0.105. The Morgan fingerprint density at radius 1 is 1.46 bits per heavy atom. The van der Waals surface area contributed by atoms with E-state index in [0.717, 1.165) is 5.56 Å². The SMILES string of the molecule is CC(=O)CCn1cc(C)ccc1=O. The molecule has 0 aliphatic carbocycles. The number of ketones is 1. The number of hydrogen-bond donors (Lipinski definition) is 0. The summed E-state index contributed by atoms with van der Waals surface area (Å²) in [4.78, 5) is 21.9. The minimum absolute atomic E-state index is 0.0492. The first kappa shape index (κ1) is 9.71. The maximum absolute atomic E-state index is 11.2. The van der Waals surface area contributed by atoms with E-state index < -0.39 is 0 Å². The van der Waals surface area contributed by atoms with Crippen molar-refractivity contribution in [2.75, 3.05) is 0 Å². The van der Waals surface area contributed by atoms with Crippen LogP contribution < -0.4 is 5.56 Å². The Hall–Kier alpha value is -1.38. The molecule has 0 aliphatic rings. The molecule has 3 heteroatoms. The summed E-state index contributed by atoms with van der Waals surface area (Å²) in [5, 5.41) is 0. The van der Waals surface area contributed by atoms with Crippen LogP contribution in [0, 0.1) is 6.92 Å². The third-order valence-corrected chi connectivity index (χ3v) is 1.84. The first-order valence-electron chi connectivity index (χ1n) is 4.26. The maximum atomic E-state index is 11.2. The molecule has 1 rings (SSSR count). The van der Waals surface area contributed by atoms with E-state index in [2.05, 4.69) is 0 Å². The number of aryl methyl sites for hydroxylation is 2. The zero-order valence-corrected chi connectivity index (χ0v) is 7.91. The van der Waals surface area contributed by atoms with Crippen LogP contribution in [-0.2, 0) is 11.3 Å². The predicted octanol–water partition coefficient (Wildman–Crippen LogP) is 1.14. The van der Waals surface area contributed by atoms with Crippen LogP contribution >= 0.6 is 0 Å². The van der Waals surface area contributed by atoms with Gasteiger partial charge in [-0.25, -0.2) is 0 Å². The number of aromatic nitrogens is 1. The average molecular weight is 179 g/mol. The van der Waals surface area contributed by atoms with E-state index in [-0.39, 0.29) is 11.3 Å². The molecule has 3 nitrogen and oxygen atoms in total. The second-order valence-corrected chi connectivity index (χ2v) is 3.19. The highest BCUT2D eigenvalue weighted by Gasteiger charge is 1.97. The van der Waals surface area contributed by atoms with Gasteiger partial charge in [0.2, 0.25) is 0 Å². The molecule has 0 spiro atoms. The lowest BCUT2D eigenvalue weighted by Crippen LogP contribution is -2.19. The molecule has 0 aromatic carbocycles. The van der Waals surface area contributed by atoms with Crippen LogP contribution in [0.2, 0.25) is 0 Å². The molecular formula is C10H13NO2. The van der Waals surface area contributed by atoms with Gasteiger partial charge < -0.3 is 4.57 Å². The normalized spacial score (nSPS) is 10.0. The number of Topliss-reactive ketones (excluding diaryl/α,β-unsaturated/α-hetero) is 1. The van der Waals surface area contributed by atoms with E-state index in [1.54, 1.807) is 16.8 Å². The Labute approximate surface area is 77.0 Å². The summed E-state index contributed by atoms with van der Waals surface area (Å²) >= 11 is 0. The van der Waals surface area contributed by atoms with Gasteiger partial charge in [-0.2, -0.15) is 0 Å². The van der Waals surface area contributed by atoms with Crippen molar-refractivity contribution in [1.82, 2.24) is 4.57 Å². The van der Waals surface area contributed by atoms with Gasteiger partial charge in [-0.1, -0.05) is 6.07 Å². The summed E-state index contributed by atoms with van der Waals surface area (Å²) in [5.41, 5.74) is 0.981. The molecule has 0 atom stereocenters. The lowest BCUT2D eigenvalue weighted by atomic mass is 10.3. The molecule has 1 heterocycles. The molecule has 1 aromatic rings. The van der Waals surface area contributed by atoms with Gasteiger partial charge in [-0.3, -0.25) is 9.59 Å². The first-order chi connectivity index (χ1) is 6.09. The van der Waals surface area contributed by atoms with E-state index in [1.807, 2.05) is 6.92 Å². The highest BCUT2D eigenvalue weighted by atomic mass is 16.1. The second-order valence-electron chi connectivity index (χ2n) is 3.19. The van der Waals surface area contributed by atoms with Gasteiger partial charge in [0.05, 0.1) is 0 Å². The topological polar surface area (TPSA) is 39.1 Å². The minimum atomic E-state index is -0.0492. The number of carbonyl (C=O) groups excluding carboxylic acids is 1. The van der Waals surface area contributed by atoms with Gasteiger partial charge in [0.25, 0.3) is 5.56 Å². The van der Waals surface area contributed by atoms with Crippen LogP contribution in [0.1, 0.15) is 18.9 Å². The van der Waals surface area contributed by atoms with Crippen molar-refractivity contribution in [1.29, 1.82) is 0 Å². The fraction of sp³-hybridized carbons (Fsp3) is 0.400. The van der Waals surface area contributed by atoms with Gasteiger partial charge in [0.1, 0.15) is 5.78 Å². The average Bonchev–Trinajstić information content (AvgIpc) is 2.06. The molecule has 0 amide bonds. The Balaban J connectivity index is 2.82. The number of carbonyl (C=O) groups is 1. The summed E-state index contributed by atoms with van der Waals surface area (Å²) in [6.07, 6.45) is 2.19. The number of nitrogens with zero attached hydrogens (tertiary/aromatic N) is 1. The molecule has 0 radical (unpaired) electrons. The van der Waals surface area contributed by atoms with E-state index in [4.69, 9.17) is 0 Å². The zero-order valence-electron chi connectivity index (χ0n) is 7.91. The van der Waals surface area contributed by atoms with Crippen molar-refractivity contribution in [3.63, 3.8) is 0 Å². The zero-order chi connectivity index (χ0) is 9.84. The van der Waals surface area contributed by atoms with Crippen LogP contribution in [0.3, 0.4) is 0 Å². The molecule has 0 saturated heterocycles. The van der Waals surface area contributed by atoms with Crippen molar-refractivity contribution in [3.8, 4) is 0 Å². The predicted molar refractivity (Wildman–Crippen MR) is 50.7 cm³/mol. The third kappa shape index (κ3) is 2.86.